The Morgan fingerprint density at radius 2 is 1.59 bits per heavy atom. The number of aliphatic carboxylic acids is 1. The predicted octanol–water partition coefficient (Wildman–Crippen LogP) is 5.93. The summed E-state index contributed by atoms with van der Waals surface area (Å²) < 4.78 is 5.28. The van der Waals surface area contributed by atoms with Crippen molar-refractivity contribution in [3.63, 3.8) is 0 Å². The highest BCUT2D eigenvalue weighted by Crippen LogP contribution is 2.45. The third-order valence-corrected chi connectivity index (χ3v) is 6.80. The lowest BCUT2D eigenvalue weighted by Crippen LogP contribution is -2.58. The Morgan fingerprint density at radius 1 is 1.03 bits per heavy atom. The molecular weight excluding hydrogens is 402 g/mol. The molecule has 1 N–H and O–H groups in total. The van der Waals surface area contributed by atoms with Gasteiger partial charge in [-0.3, -0.25) is 9.69 Å². The Hall–Kier alpha value is -1.36. The number of ether oxygens (including phenoxy) is 1. The van der Waals surface area contributed by atoms with Crippen molar-refractivity contribution in [1.29, 1.82) is 0 Å². The number of carbonyl (C=O) groups excluding carboxylic acids is 1. The second-order valence-corrected chi connectivity index (χ2v) is 12.4. The van der Waals surface area contributed by atoms with Gasteiger partial charge in [0.25, 0.3) is 0 Å². The molecule has 0 amide bonds. The number of allylic oxidation sites excluding steroid dienone is 1. The molecule has 3 aliphatic rings. The number of likely N-dealkylation sites (tertiary alicyclic amines) is 1. The molecule has 1 heterocycles. The zero-order chi connectivity index (χ0) is 24.1. The normalized spacial score (nSPS) is 28.4. The smallest absolute Gasteiger partial charge is 0.331 e. The van der Waals surface area contributed by atoms with Gasteiger partial charge in [0.1, 0.15) is 0 Å². The van der Waals surface area contributed by atoms with Gasteiger partial charge >= 0.3 is 11.9 Å². The summed E-state index contributed by atoms with van der Waals surface area (Å²) in [5.41, 5.74) is 1.24. The summed E-state index contributed by atoms with van der Waals surface area (Å²) in [5, 5.41) is 8.58. The first-order chi connectivity index (χ1) is 14.8. The molecule has 0 spiro atoms. The van der Waals surface area contributed by atoms with E-state index in [2.05, 4.69) is 46.4 Å². The number of carboxylic acid groups (broad SMARTS) is 1. The fourth-order valence-electron chi connectivity index (χ4n) is 5.59. The zero-order valence-electron chi connectivity index (χ0n) is 21.6. The number of esters is 1. The van der Waals surface area contributed by atoms with Crippen molar-refractivity contribution >= 4 is 11.9 Å². The van der Waals surface area contributed by atoms with Crippen molar-refractivity contribution in [3.8, 4) is 0 Å². The summed E-state index contributed by atoms with van der Waals surface area (Å²) in [7, 11) is 0. The van der Waals surface area contributed by atoms with E-state index in [1.54, 1.807) is 0 Å². The predicted molar refractivity (Wildman–Crippen MR) is 129 cm³/mol. The van der Waals surface area contributed by atoms with Crippen LogP contribution in [-0.4, -0.2) is 47.7 Å². The van der Waals surface area contributed by atoms with E-state index >= 15 is 0 Å². The van der Waals surface area contributed by atoms with Crippen LogP contribution in [0.3, 0.4) is 0 Å². The molecule has 1 saturated carbocycles. The maximum atomic E-state index is 12.1. The summed E-state index contributed by atoms with van der Waals surface area (Å²) in [6.07, 6.45) is 9.88. The lowest BCUT2D eigenvalue weighted by Gasteiger charge is -2.52. The molecule has 1 saturated heterocycles. The maximum Gasteiger partial charge on any atom is 0.331 e. The average Bonchev–Trinajstić information content (AvgIpc) is 2.61. The molecule has 184 valence electrons. The van der Waals surface area contributed by atoms with Crippen LogP contribution in [0.5, 0.6) is 0 Å². The Labute approximate surface area is 196 Å². The van der Waals surface area contributed by atoms with E-state index in [0.29, 0.717) is 40.9 Å². The topological polar surface area (TPSA) is 66.8 Å². The minimum Gasteiger partial charge on any atom is -0.478 e. The number of carboxylic acids is 1. The van der Waals surface area contributed by atoms with E-state index in [1.807, 2.05) is 13.0 Å². The van der Waals surface area contributed by atoms with Gasteiger partial charge in [-0.25, -0.2) is 4.79 Å². The molecule has 0 aromatic carbocycles. The van der Waals surface area contributed by atoms with Crippen LogP contribution in [0.25, 0.3) is 0 Å². The van der Waals surface area contributed by atoms with Crippen LogP contribution in [0.4, 0.5) is 0 Å². The first-order valence-electron chi connectivity index (χ1n) is 12.7. The van der Waals surface area contributed by atoms with Crippen LogP contribution in [0, 0.1) is 28.6 Å². The Balaban J connectivity index is 0.000000258. The second-order valence-electron chi connectivity index (χ2n) is 12.4. The average molecular weight is 450 g/mol. The molecular formula is C27H47NO4. The minimum absolute atomic E-state index is 0.0354. The first-order valence-corrected chi connectivity index (χ1v) is 12.7. The van der Waals surface area contributed by atoms with Gasteiger partial charge in [0.15, 0.2) is 0 Å². The zero-order valence-corrected chi connectivity index (χ0v) is 21.6. The summed E-state index contributed by atoms with van der Waals surface area (Å²) >= 11 is 0. The molecule has 2 fully saturated rings. The van der Waals surface area contributed by atoms with Gasteiger partial charge in [-0.15, -0.1) is 0 Å². The fraction of sp³-hybridized carbons (Fsp3) is 0.852. The van der Waals surface area contributed by atoms with Gasteiger partial charge in [0.2, 0.25) is 0 Å². The molecule has 0 bridgehead atoms. The molecule has 0 aromatic heterocycles. The van der Waals surface area contributed by atoms with Crippen molar-refractivity contribution in [2.75, 3.05) is 19.7 Å². The molecule has 2 aliphatic carbocycles. The molecule has 0 radical (unpaired) electrons. The van der Waals surface area contributed by atoms with Crippen LogP contribution in [0.2, 0.25) is 0 Å². The van der Waals surface area contributed by atoms with Crippen LogP contribution >= 0.6 is 0 Å². The van der Waals surface area contributed by atoms with Gasteiger partial charge in [0.05, 0.1) is 12.5 Å². The minimum atomic E-state index is -0.750. The summed E-state index contributed by atoms with van der Waals surface area (Å²) in [4.78, 5) is 25.1. The SMILES string of the molecule is CC(C)(C)CC1C=C(C(=O)O)C1.CCOC(=O)C1CC(CC(C)(C)C)C1N1CCCCC1. The van der Waals surface area contributed by atoms with E-state index in [4.69, 9.17) is 9.84 Å². The molecule has 5 heteroatoms. The molecule has 0 aromatic rings. The fourth-order valence-corrected chi connectivity index (χ4v) is 5.59. The Kier molecular flexibility index (Phi) is 9.39. The van der Waals surface area contributed by atoms with E-state index in [-0.39, 0.29) is 11.9 Å². The highest BCUT2D eigenvalue weighted by Gasteiger charge is 2.49. The lowest BCUT2D eigenvalue weighted by atomic mass is 9.63. The number of hydrogen-bond acceptors (Lipinski definition) is 4. The number of piperidine rings is 1. The molecule has 5 nitrogen and oxygen atoms in total. The van der Waals surface area contributed by atoms with E-state index in [9.17, 15) is 9.59 Å². The van der Waals surface area contributed by atoms with Crippen LogP contribution in [-0.2, 0) is 14.3 Å². The Bertz CT molecular complexity index is 664. The molecule has 3 rings (SSSR count). The molecule has 32 heavy (non-hydrogen) atoms. The van der Waals surface area contributed by atoms with E-state index in [0.717, 1.165) is 19.3 Å². The second kappa shape index (κ2) is 11.2. The van der Waals surface area contributed by atoms with Crippen LogP contribution in [0.1, 0.15) is 93.4 Å². The number of carbonyl (C=O) groups is 2. The highest BCUT2D eigenvalue weighted by atomic mass is 16.5. The Morgan fingerprint density at radius 3 is 2.06 bits per heavy atom. The van der Waals surface area contributed by atoms with Crippen LogP contribution in [0.15, 0.2) is 11.6 Å². The van der Waals surface area contributed by atoms with Gasteiger partial charge in [-0.2, -0.15) is 0 Å². The third-order valence-electron chi connectivity index (χ3n) is 6.80. The third kappa shape index (κ3) is 8.20. The maximum absolute atomic E-state index is 12.1. The summed E-state index contributed by atoms with van der Waals surface area (Å²) in [6.45, 7) is 18.2. The van der Waals surface area contributed by atoms with Crippen molar-refractivity contribution in [1.82, 2.24) is 4.90 Å². The molecule has 4 unspecified atom stereocenters. The standard InChI is InChI=1S/C17H31NO2.C10H16O2/c1-5-20-16(19)14-11-13(12-17(2,3)4)15(14)18-9-7-6-8-10-18;1-10(2,3)6-7-4-8(5-7)9(11)12/h13-15H,5-12H2,1-4H3;4,7H,5-6H2,1-3H3,(H,11,12). The van der Waals surface area contributed by atoms with Crippen molar-refractivity contribution in [3.05, 3.63) is 11.6 Å². The molecule has 4 atom stereocenters. The number of nitrogens with zero attached hydrogens (tertiary/aromatic N) is 1. The monoisotopic (exact) mass is 449 g/mol. The highest BCUT2D eigenvalue weighted by molar-refractivity contribution is 5.88. The van der Waals surface area contributed by atoms with Gasteiger partial charge in [-0.1, -0.05) is 54.0 Å². The number of hydrogen-bond donors (Lipinski definition) is 1. The largest absolute Gasteiger partial charge is 0.478 e. The van der Waals surface area contributed by atoms with Gasteiger partial charge in [-0.05, 0) is 81.2 Å². The summed E-state index contributed by atoms with van der Waals surface area (Å²) in [5.74, 6) is 0.576. The number of rotatable bonds is 6. The first kappa shape index (κ1) is 26.9. The van der Waals surface area contributed by atoms with Gasteiger partial charge < -0.3 is 9.84 Å². The summed E-state index contributed by atoms with van der Waals surface area (Å²) in [6, 6.07) is 0.438. The van der Waals surface area contributed by atoms with Crippen LogP contribution < -0.4 is 0 Å². The molecule has 1 aliphatic heterocycles. The lowest BCUT2D eigenvalue weighted by molar-refractivity contribution is -0.161. The van der Waals surface area contributed by atoms with E-state index < -0.39 is 5.97 Å². The van der Waals surface area contributed by atoms with Gasteiger partial charge in [0, 0.05) is 11.6 Å². The van der Waals surface area contributed by atoms with Crippen molar-refractivity contribution in [2.45, 2.75) is 99.5 Å². The quantitative estimate of drug-likeness (QED) is 0.509. The van der Waals surface area contributed by atoms with E-state index in [1.165, 1.54) is 38.8 Å². The van der Waals surface area contributed by atoms with Crippen molar-refractivity contribution in [2.24, 2.45) is 28.6 Å². The van der Waals surface area contributed by atoms with Crippen molar-refractivity contribution < 1.29 is 19.4 Å².